The molecule has 4 heteroatoms. The van der Waals surface area contributed by atoms with E-state index in [1.807, 2.05) is 12.1 Å². The van der Waals surface area contributed by atoms with E-state index in [9.17, 15) is 0 Å². The second-order valence-electron chi connectivity index (χ2n) is 4.74. The Kier molecular flexibility index (Phi) is 6.15. The van der Waals surface area contributed by atoms with Gasteiger partial charge in [0, 0.05) is 20.3 Å². The number of hydrogen-bond acceptors (Lipinski definition) is 3. The van der Waals surface area contributed by atoms with Crippen molar-refractivity contribution in [3.63, 3.8) is 0 Å². The van der Waals surface area contributed by atoms with E-state index in [1.165, 1.54) is 15.4 Å². The quantitative estimate of drug-likeness (QED) is 0.752. The number of halogens is 1. The van der Waals surface area contributed by atoms with Crippen molar-refractivity contribution in [2.24, 2.45) is 0 Å². The molecule has 0 saturated heterocycles. The van der Waals surface area contributed by atoms with Crippen LogP contribution in [0.15, 0.2) is 56.7 Å². The lowest BCUT2D eigenvalue weighted by Gasteiger charge is -2.17. The molecular weight excluding hydrogens is 346 g/mol. The highest BCUT2D eigenvalue weighted by molar-refractivity contribution is 9.10. The number of rotatable bonds is 6. The summed E-state index contributed by atoms with van der Waals surface area (Å²) in [5.41, 5.74) is 1.30. The lowest BCUT2D eigenvalue weighted by atomic mass is 10.1. The molecule has 112 valence electrons. The van der Waals surface area contributed by atoms with Gasteiger partial charge in [-0.15, -0.1) is 0 Å². The van der Waals surface area contributed by atoms with Crippen molar-refractivity contribution in [1.29, 1.82) is 0 Å². The zero-order chi connectivity index (χ0) is 15.2. The number of ether oxygens (including phenoxy) is 1. The van der Waals surface area contributed by atoms with Gasteiger partial charge in [0.1, 0.15) is 5.75 Å². The third-order valence-electron chi connectivity index (χ3n) is 3.22. The van der Waals surface area contributed by atoms with Gasteiger partial charge in [-0.1, -0.05) is 40.7 Å². The van der Waals surface area contributed by atoms with Gasteiger partial charge < -0.3 is 10.1 Å². The number of methoxy groups -OCH3 is 1. The maximum Gasteiger partial charge on any atom is 0.119 e. The average molecular weight is 366 g/mol. The summed E-state index contributed by atoms with van der Waals surface area (Å²) in [5, 5.41) is 3.48. The van der Waals surface area contributed by atoms with E-state index in [2.05, 4.69) is 65.4 Å². The van der Waals surface area contributed by atoms with Gasteiger partial charge >= 0.3 is 0 Å². The van der Waals surface area contributed by atoms with Gasteiger partial charge in [0.15, 0.2) is 0 Å². The molecule has 21 heavy (non-hydrogen) atoms. The van der Waals surface area contributed by atoms with Crippen molar-refractivity contribution >= 4 is 27.7 Å². The molecule has 1 unspecified atom stereocenters. The Morgan fingerprint density at radius 2 is 2.05 bits per heavy atom. The van der Waals surface area contributed by atoms with Crippen LogP contribution in [0.3, 0.4) is 0 Å². The Hall–Kier alpha value is -0.970. The van der Waals surface area contributed by atoms with Crippen LogP contribution >= 0.6 is 27.7 Å². The Morgan fingerprint density at radius 1 is 1.24 bits per heavy atom. The maximum atomic E-state index is 5.29. The largest absolute Gasteiger partial charge is 0.497 e. The van der Waals surface area contributed by atoms with E-state index in [4.69, 9.17) is 4.74 Å². The topological polar surface area (TPSA) is 21.3 Å². The molecule has 2 nitrogen and oxygen atoms in total. The van der Waals surface area contributed by atoms with E-state index in [0.29, 0.717) is 6.04 Å². The molecule has 0 spiro atoms. The molecule has 1 atom stereocenters. The molecule has 0 fully saturated rings. The first-order chi connectivity index (χ1) is 10.1. The van der Waals surface area contributed by atoms with Crippen LogP contribution in [0.1, 0.15) is 25.5 Å². The molecule has 0 amide bonds. The summed E-state index contributed by atoms with van der Waals surface area (Å²) in [6.07, 6.45) is 0. The van der Waals surface area contributed by atoms with Crippen LogP contribution in [0, 0.1) is 0 Å². The first-order valence-corrected chi connectivity index (χ1v) is 8.59. The molecule has 1 N–H and O–H groups in total. The van der Waals surface area contributed by atoms with E-state index in [0.717, 1.165) is 16.8 Å². The van der Waals surface area contributed by atoms with E-state index >= 15 is 0 Å². The van der Waals surface area contributed by atoms with Crippen LogP contribution in [0.5, 0.6) is 5.75 Å². The van der Waals surface area contributed by atoms with Crippen molar-refractivity contribution < 1.29 is 4.74 Å². The van der Waals surface area contributed by atoms with E-state index < -0.39 is 0 Å². The molecule has 2 aromatic carbocycles. The minimum atomic E-state index is 0.320. The number of nitrogens with one attached hydrogen (secondary N) is 1. The van der Waals surface area contributed by atoms with Gasteiger partial charge in [0.25, 0.3) is 0 Å². The Bertz CT molecular complexity index is 603. The summed E-state index contributed by atoms with van der Waals surface area (Å²) in [5.74, 6) is 0.887. The highest BCUT2D eigenvalue weighted by Crippen LogP contribution is 2.36. The van der Waals surface area contributed by atoms with Crippen molar-refractivity contribution in [3.05, 3.63) is 52.5 Å². The molecule has 0 aliphatic carbocycles. The minimum absolute atomic E-state index is 0.320. The van der Waals surface area contributed by atoms with Gasteiger partial charge in [0.2, 0.25) is 0 Å². The van der Waals surface area contributed by atoms with Gasteiger partial charge in [-0.25, -0.2) is 0 Å². The predicted molar refractivity (Wildman–Crippen MR) is 93.4 cm³/mol. The van der Waals surface area contributed by atoms with E-state index in [-0.39, 0.29) is 0 Å². The molecule has 2 aromatic rings. The van der Waals surface area contributed by atoms with Gasteiger partial charge in [-0.3, -0.25) is 0 Å². The van der Waals surface area contributed by atoms with Crippen LogP contribution in [0.2, 0.25) is 0 Å². The van der Waals surface area contributed by atoms with Crippen molar-refractivity contribution in [3.8, 4) is 5.75 Å². The molecule has 0 bridgehead atoms. The summed E-state index contributed by atoms with van der Waals surface area (Å²) < 4.78 is 6.40. The molecule has 0 aromatic heterocycles. The van der Waals surface area contributed by atoms with Crippen LogP contribution in [0.25, 0.3) is 0 Å². The molecular formula is C17H20BrNOS. The van der Waals surface area contributed by atoms with Crippen LogP contribution in [-0.2, 0) is 0 Å². The Morgan fingerprint density at radius 3 is 2.76 bits per heavy atom. The normalized spacial score (nSPS) is 12.2. The fourth-order valence-corrected chi connectivity index (χ4v) is 3.60. The number of hydrogen-bond donors (Lipinski definition) is 1. The third-order valence-corrected chi connectivity index (χ3v) is 4.79. The van der Waals surface area contributed by atoms with Crippen LogP contribution < -0.4 is 10.1 Å². The third kappa shape index (κ3) is 4.50. The van der Waals surface area contributed by atoms with Gasteiger partial charge in [-0.2, -0.15) is 0 Å². The number of benzene rings is 2. The van der Waals surface area contributed by atoms with E-state index in [1.54, 1.807) is 18.9 Å². The van der Waals surface area contributed by atoms with Crippen molar-refractivity contribution in [2.75, 3.05) is 13.7 Å². The lowest BCUT2D eigenvalue weighted by Crippen LogP contribution is -2.18. The van der Waals surface area contributed by atoms with Crippen molar-refractivity contribution in [1.82, 2.24) is 5.32 Å². The van der Waals surface area contributed by atoms with Gasteiger partial charge in [-0.05, 0) is 55.4 Å². The smallest absolute Gasteiger partial charge is 0.119 e. The summed E-state index contributed by atoms with van der Waals surface area (Å²) >= 11 is 5.33. The van der Waals surface area contributed by atoms with Crippen molar-refractivity contribution in [2.45, 2.75) is 29.7 Å². The Labute approximate surface area is 139 Å². The lowest BCUT2D eigenvalue weighted by molar-refractivity contribution is 0.413. The summed E-state index contributed by atoms with van der Waals surface area (Å²) in [4.78, 5) is 2.45. The first kappa shape index (κ1) is 16.4. The molecule has 2 rings (SSSR count). The highest BCUT2D eigenvalue weighted by atomic mass is 79.9. The fraction of sp³-hybridized carbons (Fsp3) is 0.294. The molecule has 0 saturated carbocycles. The summed E-state index contributed by atoms with van der Waals surface area (Å²) in [6.45, 7) is 5.28. The Balaban J connectivity index is 2.30. The molecule has 0 aliphatic heterocycles. The second-order valence-corrected chi connectivity index (χ2v) is 6.77. The second kappa shape index (κ2) is 7.87. The zero-order valence-corrected chi connectivity index (χ0v) is 14.9. The maximum absolute atomic E-state index is 5.29. The fourth-order valence-electron chi connectivity index (χ4n) is 2.16. The monoisotopic (exact) mass is 365 g/mol. The van der Waals surface area contributed by atoms with Gasteiger partial charge in [0.05, 0.1) is 7.11 Å². The SMILES string of the molecule is CCNC(C)c1cc(Br)ccc1Sc1cccc(OC)c1. The summed E-state index contributed by atoms with van der Waals surface area (Å²) in [7, 11) is 1.70. The standard InChI is InChI=1S/C17H20BrNOS/c1-4-19-12(2)16-10-13(18)8-9-17(16)21-15-7-5-6-14(11-15)20-3/h5-12,19H,4H2,1-3H3. The highest BCUT2D eigenvalue weighted by Gasteiger charge is 2.12. The minimum Gasteiger partial charge on any atom is -0.497 e. The predicted octanol–water partition coefficient (Wildman–Crippen LogP) is 5.28. The first-order valence-electron chi connectivity index (χ1n) is 6.98. The molecule has 0 radical (unpaired) electrons. The summed E-state index contributed by atoms with van der Waals surface area (Å²) in [6, 6.07) is 14.9. The molecule has 0 heterocycles. The van der Waals surface area contributed by atoms with Crippen LogP contribution in [-0.4, -0.2) is 13.7 Å². The zero-order valence-electron chi connectivity index (χ0n) is 12.5. The molecule has 0 aliphatic rings. The van der Waals surface area contributed by atoms with Crippen LogP contribution in [0.4, 0.5) is 0 Å². The average Bonchev–Trinajstić information content (AvgIpc) is 2.49.